The Balaban J connectivity index is 2.44. The maximum absolute atomic E-state index is 12.9. The predicted octanol–water partition coefficient (Wildman–Crippen LogP) is 0.288. The van der Waals surface area contributed by atoms with Gasteiger partial charge in [-0.25, -0.2) is 17.9 Å². The Hall–Kier alpha value is -3.94. The highest BCUT2D eigenvalue weighted by molar-refractivity contribution is 7.90. The summed E-state index contributed by atoms with van der Waals surface area (Å²) < 4.78 is 37.5. The number of nitrogens with zero attached hydrogens (tertiary/aromatic N) is 2. The van der Waals surface area contributed by atoms with E-state index in [1.807, 2.05) is 0 Å². The van der Waals surface area contributed by atoms with Crippen molar-refractivity contribution in [2.45, 2.75) is 18.7 Å². The number of primary amides is 1. The van der Waals surface area contributed by atoms with Gasteiger partial charge in [-0.15, -0.1) is 0 Å². The Labute approximate surface area is 177 Å². The second-order valence-corrected chi connectivity index (χ2v) is 7.65. The Kier molecular flexibility index (Phi) is 6.97. The van der Waals surface area contributed by atoms with E-state index in [-0.39, 0.29) is 34.5 Å². The summed E-state index contributed by atoms with van der Waals surface area (Å²) in [6.07, 6.45) is 0.351. The first-order valence-corrected chi connectivity index (χ1v) is 9.97. The number of urea groups is 1. The lowest BCUT2D eigenvalue weighted by Crippen LogP contribution is -2.36. The number of aryl methyl sites for hydroxylation is 1. The first-order valence-electron chi connectivity index (χ1n) is 8.49. The molecule has 0 aliphatic carbocycles. The number of hydrogen-bond acceptors (Lipinski definition) is 9. The maximum Gasteiger partial charge on any atom is 0.335 e. The number of nitrogens with one attached hydrogen (secondary N) is 3. The number of hydrogen-bond donors (Lipinski definition) is 4. The average Bonchev–Trinajstić information content (AvgIpc) is 2.69. The molecule has 13 nitrogen and oxygen atoms in total. The predicted molar refractivity (Wildman–Crippen MR) is 109 cm³/mol. The van der Waals surface area contributed by atoms with Crippen molar-refractivity contribution in [1.82, 2.24) is 14.7 Å². The van der Waals surface area contributed by atoms with E-state index in [0.717, 1.165) is 0 Å². The van der Waals surface area contributed by atoms with Crippen LogP contribution in [0.5, 0.6) is 11.8 Å². The lowest BCUT2D eigenvalue weighted by molar-refractivity contribution is -0.105. The van der Waals surface area contributed by atoms with Crippen LogP contribution in [0.25, 0.3) is 0 Å². The van der Waals surface area contributed by atoms with Crippen molar-refractivity contribution in [3.8, 4) is 11.8 Å². The van der Waals surface area contributed by atoms with Gasteiger partial charge in [0.05, 0.1) is 25.8 Å². The van der Waals surface area contributed by atoms with Crippen LogP contribution in [0, 0.1) is 13.8 Å². The fourth-order valence-corrected chi connectivity index (χ4v) is 4.10. The molecule has 0 aliphatic rings. The number of aromatic nitrogens is 2. The maximum atomic E-state index is 12.9. The van der Waals surface area contributed by atoms with Gasteiger partial charge in [-0.2, -0.15) is 9.97 Å². The molecule has 4 amide bonds. The van der Waals surface area contributed by atoms with Crippen molar-refractivity contribution >= 4 is 40.0 Å². The van der Waals surface area contributed by atoms with Crippen molar-refractivity contribution in [2.75, 3.05) is 24.9 Å². The molecule has 0 saturated carbocycles. The van der Waals surface area contributed by atoms with Gasteiger partial charge < -0.3 is 20.5 Å². The lowest BCUT2D eigenvalue weighted by atomic mass is 10.0. The summed E-state index contributed by atoms with van der Waals surface area (Å²) in [5.41, 5.74) is 5.54. The van der Waals surface area contributed by atoms with Crippen LogP contribution in [0.4, 0.5) is 16.4 Å². The summed E-state index contributed by atoms with van der Waals surface area (Å²) in [6, 6.07) is 1.32. The van der Waals surface area contributed by atoms with Crippen LogP contribution in [-0.4, -0.2) is 51.0 Å². The molecule has 0 saturated heterocycles. The second kappa shape index (κ2) is 9.25. The number of carbonyl (C=O) groups excluding carboxylic acids is 3. The summed E-state index contributed by atoms with van der Waals surface area (Å²) in [4.78, 5) is 42.2. The van der Waals surface area contributed by atoms with Crippen LogP contribution >= 0.6 is 0 Å². The molecule has 0 bridgehead atoms. The molecule has 5 N–H and O–H groups in total. The van der Waals surface area contributed by atoms with E-state index in [0.29, 0.717) is 12.0 Å². The second-order valence-electron chi connectivity index (χ2n) is 6.03. The van der Waals surface area contributed by atoms with Gasteiger partial charge in [0.2, 0.25) is 30.0 Å². The molecule has 0 fully saturated rings. The molecule has 2 aromatic rings. The number of methoxy groups -OCH3 is 2. The molecule has 2 rings (SSSR count). The lowest BCUT2D eigenvalue weighted by Gasteiger charge is -2.17. The van der Waals surface area contributed by atoms with Crippen LogP contribution in [0.1, 0.15) is 21.5 Å². The van der Waals surface area contributed by atoms with Crippen molar-refractivity contribution in [2.24, 2.45) is 5.73 Å². The summed E-state index contributed by atoms with van der Waals surface area (Å²) >= 11 is 0. The molecule has 14 heteroatoms. The van der Waals surface area contributed by atoms with Gasteiger partial charge in [-0.1, -0.05) is 0 Å². The molecule has 0 atom stereocenters. The molecule has 31 heavy (non-hydrogen) atoms. The standard InChI is InChI=1S/C17H20N6O7S/c1-8-5-10(15(18)25)14(9(2)13(8)19-7-24)31(27,28)23-17(26)22-16-20-11(29-3)6-12(21-16)30-4/h5-7H,1-4H3,(H2,18,25)(H,19,24)(H2,20,21,22,23,26). The Morgan fingerprint density at radius 3 is 2.16 bits per heavy atom. The number of benzene rings is 1. The van der Waals surface area contributed by atoms with Gasteiger partial charge in [-0.05, 0) is 31.0 Å². The first-order chi connectivity index (χ1) is 14.5. The van der Waals surface area contributed by atoms with E-state index in [1.165, 1.54) is 33.3 Å². The van der Waals surface area contributed by atoms with Crippen LogP contribution in [0.15, 0.2) is 17.0 Å². The molecular formula is C17H20N6O7S. The minimum atomic E-state index is -4.61. The number of rotatable bonds is 8. The fourth-order valence-electron chi connectivity index (χ4n) is 2.74. The fraction of sp³-hybridized carbons (Fsp3) is 0.235. The number of nitrogens with two attached hydrogens (primary N) is 1. The van der Waals surface area contributed by atoms with E-state index in [1.54, 1.807) is 11.6 Å². The molecule has 1 aromatic carbocycles. The largest absolute Gasteiger partial charge is 0.481 e. The molecule has 0 radical (unpaired) electrons. The van der Waals surface area contributed by atoms with Gasteiger partial charge in [0.15, 0.2) is 0 Å². The third-order valence-corrected chi connectivity index (χ3v) is 5.52. The summed E-state index contributed by atoms with van der Waals surface area (Å²) in [5.74, 6) is -1.23. The molecular weight excluding hydrogens is 432 g/mol. The minimum absolute atomic E-state index is 0.0144. The zero-order valence-corrected chi connectivity index (χ0v) is 17.8. The molecule has 0 aliphatic heterocycles. The zero-order valence-electron chi connectivity index (χ0n) is 17.0. The van der Waals surface area contributed by atoms with Crippen molar-refractivity contribution in [1.29, 1.82) is 0 Å². The number of carbonyl (C=O) groups is 3. The highest BCUT2D eigenvalue weighted by Crippen LogP contribution is 2.30. The van der Waals surface area contributed by atoms with Gasteiger partial charge in [0, 0.05) is 5.69 Å². The molecule has 0 unspecified atom stereocenters. The monoisotopic (exact) mass is 452 g/mol. The van der Waals surface area contributed by atoms with Gasteiger partial charge in [0.25, 0.3) is 10.0 Å². The van der Waals surface area contributed by atoms with Crippen LogP contribution in [-0.2, 0) is 14.8 Å². The van der Waals surface area contributed by atoms with E-state index >= 15 is 0 Å². The molecule has 0 spiro atoms. The summed E-state index contributed by atoms with van der Waals surface area (Å²) in [5, 5.41) is 4.51. The Morgan fingerprint density at radius 2 is 1.68 bits per heavy atom. The molecule has 1 heterocycles. The first kappa shape index (κ1) is 23.3. The van der Waals surface area contributed by atoms with E-state index < -0.39 is 26.9 Å². The van der Waals surface area contributed by atoms with Crippen LogP contribution < -0.4 is 30.6 Å². The molecule has 1 aromatic heterocycles. The van der Waals surface area contributed by atoms with Crippen molar-refractivity contribution in [3.05, 3.63) is 28.8 Å². The van der Waals surface area contributed by atoms with Crippen LogP contribution in [0.2, 0.25) is 0 Å². The molecule has 166 valence electrons. The SMILES string of the molecule is COc1cc(OC)nc(NC(=O)NS(=O)(=O)c2c(C(N)=O)cc(C)c(NC=O)c2C)n1. The third-order valence-electron chi connectivity index (χ3n) is 4.00. The van der Waals surface area contributed by atoms with Gasteiger partial charge >= 0.3 is 6.03 Å². The topological polar surface area (TPSA) is 192 Å². The van der Waals surface area contributed by atoms with E-state index in [9.17, 15) is 22.8 Å². The quantitative estimate of drug-likeness (QED) is 0.407. The van der Waals surface area contributed by atoms with E-state index in [2.05, 4.69) is 20.6 Å². The number of sulfonamides is 1. The van der Waals surface area contributed by atoms with Crippen molar-refractivity contribution < 1.29 is 32.3 Å². The highest BCUT2D eigenvalue weighted by Gasteiger charge is 2.29. The van der Waals surface area contributed by atoms with E-state index in [4.69, 9.17) is 15.2 Å². The number of anilines is 2. The third kappa shape index (κ3) is 5.16. The number of ether oxygens (including phenoxy) is 2. The Morgan fingerprint density at radius 1 is 1.10 bits per heavy atom. The Bertz CT molecular complexity index is 1130. The summed E-state index contributed by atoms with van der Waals surface area (Å²) in [6.45, 7) is 2.91. The van der Waals surface area contributed by atoms with Gasteiger partial charge in [-0.3, -0.25) is 14.9 Å². The highest BCUT2D eigenvalue weighted by atomic mass is 32.2. The smallest absolute Gasteiger partial charge is 0.335 e. The van der Waals surface area contributed by atoms with Crippen molar-refractivity contribution in [3.63, 3.8) is 0 Å². The van der Waals surface area contributed by atoms with Gasteiger partial charge in [0.1, 0.15) is 4.90 Å². The average molecular weight is 452 g/mol. The normalized spacial score (nSPS) is 10.7. The minimum Gasteiger partial charge on any atom is -0.481 e. The summed E-state index contributed by atoms with van der Waals surface area (Å²) in [7, 11) is -1.96. The zero-order chi connectivity index (χ0) is 23.3. The van der Waals surface area contributed by atoms with Crippen LogP contribution in [0.3, 0.4) is 0 Å². The number of amides is 4.